The first kappa shape index (κ1) is 17.4. The Hall–Kier alpha value is -2.70. The highest BCUT2D eigenvalue weighted by Gasteiger charge is 2.34. The summed E-state index contributed by atoms with van der Waals surface area (Å²) in [5, 5.41) is 1.23. The first-order valence-corrected chi connectivity index (χ1v) is 9.62. The van der Waals surface area contributed by atoms with Gasteiger partial charge in [-0.05, 0) is 23.8 Å². The molecule has 2 aromatic carbocycles. The molecule has 1 N–H and O–H groups in total. The van der Waals surface area contributed by atoms with Crippen molar-refractivity contribution in [1.29, 1.82) is 0 Å². The van der Waals surface area contributed by atoms with E-state index in [0.29, 0.717) is 19.7 Å². The quantitative estimate of drug-likeness (QED) is 0.575. The molecule has 1 fully saturated rings. The molecule has 2 unspecified atom stereocenters. The van der Waals surface area contributed by atoms with Crippen molar-refractivity contribution in [3.63, 3.8) is 0 Å². The Morgan fingerprint density at radius 1 is 1.14 bits per heavy atom. The van der Waals surface area contributed by atoms with Gasteiger partial charge in [0.2, 0.25) is 0 Å². The number of aryl methyl sites for hydroxylation is 1. The maximum absolute atomic E-state index is 14.6. The first-order valence-electron chi connectivity index (χ1n) is 9.62. The lowest BCUT2D eigenvalue weighted by Gasteiger charge is -2.15. The maximum Gasteiger partial charge on any atom is 0.140 e. The van der Waals surface area contributed by atoms with Crippen molar-refractivity contribution in [2.24, 2.45) is 7.05 Å². The Balaban J connectivity index is 1.24. The van der Waals surface area contributed by atoms with E-state index >= 15 is 0 Å². The second kappa shape index (κ2) is 7.04. The van der Waals surface area contributed by atoms with Crippen LogP contribution in [0.4, 0.5) is 4.39 Å². The molecule has 1 saturated heterocycles. The van der Waals surface area contributed by atoms with Crippen molar-refractivity contribution >= 4 is 21.9 Å². The van der Waals surface area contributed by atoms with E-state index in [2.05, 4.69) is 37.8 Å². The molecule has 5 rings (SSSR count). The van der Waals surface area contributed by atoms with Gasteiger partial charge in [0.15, 0.2) is 0 Å². The van der Waals surface area contributed by atoms with Gasteiger partial charge in [0.25, 0.3) is 0 Å². The van der Waals surface area contributed by atoms with E-state index in [1.807, 2.05) is 43.4 Å². The van der Waals surface area contributed by atoms with Gasteiger partial charge in [-0.3, -0.25) is 4.90 Å². The highest BCUT2D eigenvalue weighted by atomic mass is 19.1. The molecule has 1 aliphatic rings. The molecule has 3 heterocycles. The minimum Gasteiger partial charge on any atom is -0.366 e. The van der Waals surface area contributed by atoms with Crippen LogP contribution in [0, 0.1) is 0 Å². The predicted molar refractivity (Wildman–Crippen MR) is 108 cm³/mol. The molecule has 0 amide bonds. The Morgan fingerprint density at radius 3 is 2.86 bits per heavy atom. The summed E-state index contributed by atoms with van der Waals surface area (Å²) in [5.74, 6) is 0.737. The summed E-state index contributed by atoms with van der Waals surface area (Å²) in [5.41, 5.74) is 4.30. The normalized spacial score (nSPS) is 20.5. The first-order chi connectivity index (χ1) is 13.7. The van der Waals surface area contributed by atoms with Crippen LogP contribution >= 0.6 is 0 Å². The zero-order chi connectivity index (χ0) is 19.1. The molecule has 0 spiro atoms. The van der Waals surface area contributed by atoms with Crippen molar-refractivity contribution in [2.45, 2.75) is 25.4 Å². The average molecular weight is 378 g/mol. The molecule has 0 radical (unpaired) electrons. The average Bonchev–Trinajstić information content (AvgIpc) is 3.36. The third-order valence-electron chi connectivity index (χ3n) is 5.52. The molecule has 0 bridgehead atoms. The van der Waals surface area contributed by atoms with Gasteiger partial charge in [-0.15, -0.1) is 0 Å². The fourth-order valence-corrected chi connectivity index (χ4v) is 4.15. The van der Waals surface area contributed by atoms with Gasteiger partial charge < -0.3 is 14.3 Å². The Bertz CT molecular complexity index is 1090. The number of aromatic nitrogens is 3. The number of rotatable bonds is 5. The SMILES string of the molecule is Cn1cc(CN2CC(F)C(OCc3nc4ccccc4[nH]3)C2)c2ccccc21. The third kappa shape index (κ3) is 3.19. The summed E-state index contributed by atoms with van der Waals surface area (Å²) in [6.45, 7) is 2.01. The van der Waals surface area contributed by atoms with Gasteiger partial charge in [-0.1, -0.05) is 30.3 Å². The lowest BCUT2D eigenvalue weighted by atomic mass is 10.1. The topological polar surface area (TPSA) is 46.1 Å². The number of halogens is 1. The van der Waals surface area contributed by atoms with Crippen molar-refractivity contribution < 1.29 is 9.13 Å². The van der Waals surface area contributed by atoms with E-state index in [4.69, 9.17) is 4.74 Å². The number of nitrogens with one attached hydrogen (secondary N) is 1. The minimum atomic E-state index is -0.987. The molecular weight excluding hydrogens is 355 g/mol. The van der Waals surface area contributed by atoms with Crippen molar-refractivity contribution in [3.05, 3.63) is 66.1 Å². The van der Waals surface area contributed by atoms with Crippen LogP contribution in [0.3, 0.4) is 0 Å². The Kier molecular flexibility index (Phi) is 4.37. The maximum atomic E-state index is 14.6. The van der Waals surface area contributed by atoms with Crippen molar-refractivity contribution in [3.8, 4) is 0 Å². The second-order valence-corrected chi connectivity index (χ2v) is 7.54. The summed E-state index contributed by atoms with van der Waals surface area (Å²) in [6.07, 6.45) is 0.725. The number of alkyl halides is 1. The van der Waals surface area contributed by atoms with E-state index in [-0.39, 0.29) is 0 Å². The molecule has 144 valence electrons. The number of nitrogens with zero attached hydrogens (tertiary/aromatic N) is 3. The van der Waals surface area contributed by atoms with Crippen LogP contribution in [0.15, 0.2) is 54.7 Å². The summed E-state index contributed by atoms with van der Waals surface area (Å²) < 4.78 is 22.6. The molecule has 0 aliphatic carbocycles. The molecule has 4 aromatic rings. The molecule has 5 nitrogen and oxygen atoms in total. The Morgan fingerprint density at radius 2 is 1.96 bits per heavy atom. The standard InChI is InChI=1S/C22H23FN4O/c1-26-10-15(16-6-2-5-9-20(16)26)11-27-12-17(23)21(13-27)28-14-22-24-18-7-3-4-8-19(18)25-22/h2-10,17,21H,11-14H2,1H3,(H,24,25). The van der Waals surface area contributed by atoms with Crippen LogP contribution in [0.25, 0.3) is 21.9 Å². The number of hydrogen-bond donors (Lipinski definition) is 1. The van der Waals surface area contributed by atoms with Gasteiger partial charge >= 0.3 is 0 Å². The number of ether oxygens (including phenoxy) is 1. The summed E-state index contributed by atoms with van der Waals surface area (Å²) >= 11 is 0. The summed E-state index contributed by atoms with van der Waals surface area (Å²) in [6, 6.07) is 16.2. The molecule has 28 heavy (non-hydrogen) atoms. The van der Waals surface area contributed by atoms with Gasteiger partial charge in [0.1, 0.15) is 24.7 Å². The zero-order valence-electron chi connectivity index (χ0n) is 15.8. The van der Waals surface area contributed by atoms with E-state index < -0.39 is 12.3 Å². The van der Waals surface area contributed by atoms with E-state index in [1.165, 1.54) is 16.5 Å². The molecular formula is C22H23FN4O. The monoisotopic (exact) mass is 378 g/mol. The fourth-order valence-electron chi connectivity index (χ4n) is 4.15. The highest BCUT2D eigenvalue weighted by Crippen LogP contribution is 2.25. The number of hydrogen-bond acceptors (Lipinski definition) is 3. The van der Waals surface area contributed by atoms with Crippen LogP contribution in [0.2, 0.25) is 0 Å². The molecule has 2 atom stereocenters. The van der Waals surface area contributed by atoms with Gasteiger partial charge in [-0.2, -0.15) is 0 Å². The number of fused-ring (bicyclic) bond motifs is 2. The van der Waals surface area contributed by atoms with E-state index in [1.54, 1.807) is 0 Å². The van der Waals surface area contributed by atoms with Crippen LogP contribution in [0.1, 0.15) is 11.4 Å². The van der Waals surface area contributed by atoms with Crippen molar-refractivity contribution in [2.75, 3.05) is 13.1 Å². The Labute approximate surface area is 162 Å². The van der Waals surface area contributed by atoms with Crippen LogP contribution in [-0.4, -0.2) is 44.8 Å². The number of H-pyrrole nitrogens is 1. The largest absolute Gasteiger partial charge is 0.366 e. The van der Waals surface area contributed by atoms with E-state index in [0.717, 1.165) is 23.4 Å². The van der Waals surface area contributed by atoms with Crippen molar-refractivity contribution in [1.82, 2.24) is 19.4 Å². The number of aromatic amines is 1. The molecule has 2 aromatic heterocycles. The van der Waals surface area contributed by atoms with E-state index in [9.17, 15) is 4.39 Å². The fraction of sp³-hybridized carbons (Fsp3) is 0.318. The van der Waals surface area contributed by atoms with Crippen LogP contribution in [0.5, 0.6) is 0 Å². The number of para-hydroxylation sites is 3. The second-order valence-electron chi connectivity index (χ2n) is 7.54. The lowest BCUT2D eigenvalue weighted by molar-refractivity contribution is 0.00864. The van der Waals surface area contributed by atoms with Gasteiger partial charge in [-0.25, -0.2) is 9.37 Å². The van der Waals surface area contributed by atoms with Crippen LogP contribution < -0.4 is 0 Å². The molecule has 6 heteroatoms. The zero-order valence-corrected chi connectivity index (χ0v) is 15.8. The number of benzene rings is 2. The molecule has 0 saturated carbocycles. The number of imidazole rings is 1. The summed E-state index contributed by atoms with van der Waals surface area (Å²) in [4.78, 5) is 9.87. The smallest absolute Gasteiger partial charge is 0.140 e. The molecule has 1 aliphatic heterocycles. The van der Waals surface area contributed by atoms with Crippen LogP contribution in [-0.2, 0) is 24.9 Å². The minimum absolute atomic E-state index is 0.294. The van der Waals surface area contributed by atoms with Gasteiger partial charge in [0.05, 0.1) is 11.0 Å². The van der Waals surface area contributed by atoms with Gasteiger partial charge in [0, 0.05) is 43.8 Å². The summed E-state index contributed by atoms with van der Waals surface area (Å²) in [7, 11) is 2.05. The highest BCUT2D eigenvalue weighted by molar-refractivity contribution is 5.83. The predicted octanol–water partition coefficient (Wildman–Crippen LogP) is 3.79. The number of likely N-dealkylation sites (tertiary alicyclic amines) is 1. The lowest BCUT2D eigenvalue weighted by Crippen LogP contribution is -2.24. The third-order valence-corrected chi connectivity index (χ3v) is 5.52.